The van der Waals surface area contributed by atoms with Crippen molar-refractivity contribution < 1.29 is 27.2 Å². The Morgan fingerprint density at radius 3 is 2.26 bits per heavy atom. The number of hydrogen-bond donors (Lipinski definition) is 0. The maximum atomic E-state index is 13.3. The molecule has 3 heterocycles. The van der Waals surface area contributed by atoms with E-state index in [2.05, 4.69) is 4.98 Å². The normalized spacial score (nSPS) is 15.9. The Labute approximate surface area is 186 Å². The average Bonchev–Trinajstić information content (AvgIpc) is 3.31. The van der Waals surface area contributed by atoms with Gasteiger partial charge in [-0.05, 0) is 13.8 Å². The van der Waals surface area contributed by atoms with Crippen molar-refractivity contribution in [3.05, 3.63) is 33.2 Å². The molecule has 2 aromatic rings. The molecule has 0 bridgehead atoms. The van der Waals surface area contributed by atoms with E-state index in [1.807, 2.05) is 20.8 Å². The summed E-state index contributed by atoms with van der Waals surface area (Å²) in [5, 5.41) is 0.873. The van der Waals surface area contributed by atoms with Crippen molar-refractivity contribution in [2.75, 3.05) is 33.3 Å². The number of hydrogen-bond acceptors (Lipinski definition) is 8. The fourth-order valence-electron chi connectivity index (χ4n) is 3.45. The molecule has 1 saturated heterocycles. The SMILES string of the molecule is COC(=O)c1c(C)oc(C)c1S(=O)(=O)N1CCN(C(=O)c2cnc(C(C)(C)C)s2)CC1. The number of methoxy groups -OCH3 is 1. The van der Waals surface area contributed by atoms with Gasteiger partial charge in [-0.15, -0.1) is 11.3 Å². The van der Waals surface area contributed by atoms with Crippen LogP contribution in [0.15, 0.2) is 15.5 Å². The second-order valence-electron chi connectivity index (χ2n) is 8.39. The van der Waals surface area contributed by atoms with Crippen LogP contribution >= 0.6 is 11.3 Å². The second-order valence-corrected chi connectivity index (χ2v) is 11.3. The molecule has 11 heteroatoms. The molecule has 0 radical (unpaired) electrons. The van der Waals surface area contributed by atoms with E-state index >= 15 is 0 Å². The number of furan rings is 1. The van der Waals surface area contributed by atoms with E-state index in [4.69, 9.17) is 9.15 Å². The first kappa shape index (κ1) is 23.4. The molecule has 0 atom stereocenters. The highest BCUT2D eigenvalue weighted by Gasteiger charge is 2.38. The van der Waals surface area contributed by atoms with Crippen molar-refractivity contribution in [2.45, 2.75) is 44.9 Å². The number of carbonyl (C=O) groups is 2. The van der Waals surface area contributed by atoms with Crippen molar-refractivity contribution in [3.8, 4) is 0 Å². The topological polar surface area (TPSA) is 110 Å². The smallest absolute Gasteiger partial charge is 0.342 e. The minimum atomic E-state index is -4.00. The number of rotatable bonds is 4. The summed E-state index contributed by atoms with van der Waals surface area (Å²) < 4.78 is 38.0. The summed E-state index contributed by atoms with van der Waals surface area (Å²) in [6, 6.07) is 0. The number of esters is 1. The van der Waals surface area contributed by atoms with Crippen LogP contribution in [0.2, 0.25) is 0 Å². The van der Waals surface area contributed by atoms with Gasteiger partial charge in [-0.1, -0.05) is 20.8 Å². The lowest BCUT2D eigenvalue weighted by Gasteiger charge is -2.33. The van der Waals surface area contributed by atoms with Crippen molar-refractivity contribution in [3.63, 3.8) is 0 Å². The lowest BCUT2D eigenvalue weighted by Crippen LogP contribution is -2.50. The molecule has 0 N–H and O–H groups in total. The number of sulfonamides is 1. The number of carbonyl (C=O) groups excluding carboxylic acids is 2. The summed E-state index contributed by atoms with van der Waals surface area (Å²) in [6.07, 6.45) is 1.58. The minimum absolute atomic E-state index is 0.0853. The van der Waals surface area contributed by atoms with Gasteiger partial charge in [-0.3, -0.25) is 4.79 Å². The molecule has 0 unspecified atom stereocenters. The van der Waals surface area contributed by atoms with Gasteiger partial charge in [-0.25, -0.2) is 18.2 Å². The van der Waals surface area contributed by atoms with Crippen LogP contribution in [0.4, 0.5) is 0 Å². The number of aromatic nitrogens is 1. The second kappa shape index (κ2) is 8.36. The van der Waals surface area contributed by atoms with Gasteiger partial charge in [0.1, 0.15) is 26.9 Å². The summed E-state index contributed by atoms with van der Waals surface area (Å²) >= 11 is 1.36. The Morgan fingerprint density at radius 2 is 1.74 bits per heavy atom. The Kier molecular flexibility index (Phi) is 6.32. The summed E-state index contributed by atoms with van der Waals surface area (Å²) in [4.78, 5) is 31.3. The predicted molar refractivity (Wildman–Crippen MR) is 115 cm³/mol. The van der Waals surface area contributed by atoms with Crippen molar-refractivity contribution in [1.29, 1.82) is 0 Å². The number of piperazine rings is 1. The van der Waals surface area contributed by atoms with Crippen molar-refractivity contribution in [2.24, 2.45) is 0 Å². The Morgan fingerprint density at radius 1 is 1.13 bits per heavy atom. The van der Waals surface area contributed by atoms with E-state index in [1.54, 1.807) is 11.1 Å². The van der Waals surface area contributed by atoms with Crippen LogP contribution < -0.4 is 0 Å². The van der Waals surface area contributed by atoms with E-state index in [0.29, 0.717) is 4.88 Å². The maximum Gasteiger partial charge on any atom is 0.342 e. The number of aryl methyl sites for hydroxylation is 2. The van der Waals surface area contributed by atoms with Crippen molar-refractivity contribution in [1.82, 2.24) is 14.2 Å². The Hall–Kier alpha value is -2.24. The fourth-order valence-corrected chi connectivity index (χ4v) is 6.18. The highest BCUT2D eigenvalue weighted by Crippen LogP contribution is 2.31. The molecular weight excluding hydrogens is 442 g/mol. The minimum Gasteiger partial charge on any atom is -0.465 e. The lowest BCUT2D eigenvalue weighted by molar-refractivity contribution is 0.0594. The number of thiazole rings is 1. The molecule has 0 aromatic carbocycles. The van der Waals surface area contributed by atoms with Gasteiger partial charge >= 0.3 is 5.97 Å². The molecule has 1 aliphatic heterocycles. The lowest BCUT2D eigenvalue weighted by atomic mass is 9.98. The summed E-state index contributed by atoms with van der Waals surface area (Å²) in [6.45, 7) is 9.84. The highest BCUT2D eigenvalue weighted by molar-refractivity contribution is 7.89. The molecular formula is C20H27N3O6S2. The van der Waals surface area contributed by atoms with Gasteiger partial charge < -0.3 is 14.1 Å². The van der Waals surface area contributed by atoms with Gasteiger partial charge in [-0.2, -0.15) is 4.31 Å². The number of amides is 1. The molecule has 3 rings (SSSR count). The van der Waals surface area contributed by atoms with Gasteiger partial charge in [0.05, 0.1) is 18.3 Å². The zero-order chi connectivity index (χ0) is 23.1. The van der Waals surface area contributed by atoms with E-state index in [9.17, 15) is 18.0 Å². The number of ether oxygens (including phenoxy) is 1. The highest BCUT2D eigenvalue weighted by atomic mass is 32.2. The summed E-state index contributed by atoms with van der Waals surface area (Å²) in [5.41, 5.74) is -0.230. The summed E-state index contributed by atoms with van der Waals surface area (Å²) in [7, 11) is -2.81. The molecule has 9 nitrogen and oxygen atoms in total. The Bertz CT molecular complexity index is 1100. The molecule has 0 aliphatic carbocycles. The molecule has 1 fully saturated rings. The van der Waals surface area contributed by atoms with E-state index in [-0.39, 0.29) is 59.5 Å². The van der Waals surface area contributed by atoms with Crippen LogP contribution in [0.3, 0.4) is 0 Å². The zero-order valence-corrected chi connectivity index (χ0v) is 20.1. The standard InChI is InChI=1S/C20H27N3O6S2/c1-12-15(18(25)28-6)16(13(2)29-12)31(26,27)23-9-7-22(8-10-23)17(24)14-11-21-19(30-14)20(3,4)5/h11H,7-10H2,1-6H3. The number of nitrogens with zero attached hydrogens (tertiary/aromatic N) is 3. The first-order valence-electron chi connectivity index (χ1n) is 9.82. The van der Waals surface area contributed by atoms with E-state index < -0.39 is 16.0 Å². The van der Waals surface area contributed by atoms with Crippen LogP contribution in [0.25, 0.3) is 0 Å². The first-order chi connectivity index (χ1) is 14.4. The largest absolute Gasteiger partial charge is 0.465 e. The molecule has 0 spiro atoms. The van der Waals surface area contributed by atoms with Crippen molar-refractivity contribution >= 4 is 33.2 Å². The predicted octanol–water partition coefficient (Wildman–Crippen LogP) is 2.58. The zero-order valence-electron chi connectivity index (χ0n) is 18.5. The molecule has 1 aliphatic rings. The molecule has 1 amide bonds. The van der Waals surface area contributed by atoms with Gasteiger partial charge in [0, 0.05) is 31.6 Å². The monoisotopic (exact) mass is 469 g/mol. The first-order valence-corrected chi connectivity index (χ1v) is 12.1. The molecule has 2 aromatic heterocycles. The van der Waals surface area contributed by atoms with Crippen LogP contribution in [0.1, 0.15) is 57.3 Å². The molecule has 31 heavy (non-hydrogen) atoms. The molecule has 170 valence electrons. The van der Waals surface area contributed by atoms with Crippen LogP contribution in [0.5, 0.6) is 0 Å². The maximum absolute atomic E-state index is 13.3. The van der Waals surface area contributed by atoms with Crippen LogP contribution in [-0.2, 0) is 20.2 Å². The van der Waals surface area contributed by atoms with E-state index in [0.717, 1.165) is 5.01 Å². The average molecular weight is 470 g/mol. The molecule has 0 saturated carbocycles. The van der Waals surface area contributed by atoms with E-state index in [1.165, 1.54) is 36.6 Å². The summed E-state index contributed by atoms with van der Waals surface area (Å²) in [5.74, 6) is -0.593. The third-order valence-electron chi connectivity index (χ3n) is 5.08. The van der Waals surface area contributed by atoms with Gasteiger partial charge in [0.25, 0.3) is 5.91 Å². The van der Waals surface area contributed by atoms with Crippen LogP contribution in [-0.4, -0.2) is 67.8 Å². The fraction of sp³-hybridized carbons (Fsp3) is 0.550. The third kappa shape index (κ3) is 4.39. The van der Waals surface area contributed by atoms with Crippen LogP contribution in [0, 0.1) is 13.8 Å². The third-order valence-corrected chi connectivity index (χ3v) is 8.54. The Balaban J connectivity index is 1.77. The van der Waals surface area contributed by atoms with Gasteiger partial charge in [0.2, 0.25) is 10.0 Å². The van der Waals surface area contributed by atoms with Gasteiger partial charge in [0.15, 0.2) is 0 Å². The quantitative estimate of drug-likeness (QED) is 0.633.